The van der Waals surface area contributed by atoms with Crippen molar-refractivity contribution in [1.82, 2.24) is 19.8 Å². The first-order valence-corrected chi connectivity index (χ1v) is 8.05. The SMILES string of the molecule is CCN(CC)C(=O)C(C)NS(=O)(=O)c1c(C)n[nH]c1C. The Morgan fingerprint density at radius 1 is 1.35 bits per heavy atom. The number of aromatic nitrogens is 2. The summed E-state index contributed by atoms with van der Waals surface area (Å²) in [6, 6.07) is -0.811. The second kappa shape index (κ2) is 6.36. The normalized spacial score (nSPS) is 13.2. The van der Waals surface area contributed by atoms with Crippen LogP contribution in [0.2, 0.25) is 0 Å². The lowest BCUT2D eigenvalue weighted by Crippen LogP contribution is -2.46. The largest absolute Gasteiger partial charge is 0.342 e. The minimum atomic E-state index is -3.76. The molecule has 1 amide bonds. The topological polar surface area (TPSA) is 95.2 Å². The van der Waals surface area contributed by atoms with Crippen molar-refractivity contribution in [2.45, 2.75) is 45.6 Å². The Morgan fingerprint density at radius 2 is 1.90 bits per heavy atom. The highest BCUT2D eigenvalue weighted by molar-refractivity contribution is 7.89. The van der Waals surface area contributed by atoms with Crippen molar-refractivity contribution in [2.75, 3.05) is 13.1 Å². The van der Waals surface area contributed by atoms with Gasteiger partial charge in [-0.1, -0.05) is 0 Å². The van der Waals surface area contributed by atoms with Crippen LogP contribution in [0.3, 0.4) is 0 Å². The number of aromatic amines is 1. The van der Waals surface area contributed by atoms with Crippen LogP contribution in [-0.2, 0) is 14.8 Å². The average Bonchev–Trinajstić information content (AvgIpc) is 2.70. The average molecular weight is 302 g/mol. The summed E-state index contributed by atoms with van der Waals surface area (Å²) in [7, 11) is -3.76. The highest BCUT2D eigenvalue weighted by Gasteiger charge is 2.28. The molecule has 7 nitrogen and oxygen atoms in total. The summed E-state index contributed by atoms with van der Waals surface area (Å²) in [5.41, 5.74) is 0.843. The zero-order valence-electron chi connectivity index (χ0n) is 12.5. The van der Waals surface area contributed by atoms with E-state index in [1.807, 2.05) is 13.8 Å². The molecule has 0 aliphatic rings. The Morgan fingerprint density at radius 3 is 2.30 bits per heavy atom. The standard InChI is InChI=1S/C12H22N4O3S/c1-6-16(7-2)12(17)10(5)15-20(18,19)11-8(3)13-14-9(11)4/h10,15H,6-7H2,1-5H3,(H,13,14). The van der Waals surface area contributed by atoms with Crippen LogP contribution < -0.4 is 4.72 Å². The fourth-order valence-electron chi connectivity index (χ4n) is 2.09. The van der Waals surface area contributed by atoms with Gasteiger partial charge in [0.2, 0.25) is 15.9 Å². The molecule has 1 unspecified atom stereocenters. The molecule has 20 heavy (non-hydrogen) atoms. The van der Waals surface area contributed by atoms with Gasteiger partial charge in [-0.15, -0.1) is 0 Å². The number of H-pyrrole nitrogens is 1. The Balaban J connectivity index is 2.95. The van der Waals surface area contributed by atoms with Crippen molar-refractivity contribution < 1.29 is 13.2 Å². The van der Waals surface area contributed by atoms with Crippen LogP contribution in [0, 0.1) is 13.8 Å². The number of carbonyl (C=O) groups is 1. The van der Waals surface area contributed by atoms with Gasteiger partial charge in [-0.25, -0.2) is 8.42 Å². The molecule has 1 heterocycles. The molecule has 0 saturated heterocycles. The second-order valence-electron chi connectivity index (χ2n) is 4.62. The zero-order chi connectivity index (χ0) is 15.5. The van der Waals surface area contributed by atoms with Crippen molar-refractivity contribution in [3.05, 3.63) is 11.4 Å². The lowest BCUT2D eigenvalue weighted by Gasteiger charge is -2.23. The first-order valence-electron chi connectivity index (χ1n) is 6.57. The molecule has 0 radical (unpaired) electrons. The van der Waals surface area contributed by atoms with Crippen molar-refractivity contribution in [2.24, 2.45) is 0 Å². The number of carbonyl (C=O) groups excluding carboxylic acids is 1. The van der Waals surface area contributed by atoms with Crippen LogP contribution in [0.25, 0.3) is 0 Å². The Kier molecular flexibility index (Phi) is 5.29. The van der Waals surface area contributed by atoms with Crippen LogP contribution in [0.5, 0.6) is 0 Å². The van der Waals surface area contributed by atoms with E-state index < -0.39 is 16.1 Å². The quantitative estimate of drug-likeness (QED) is 0.802. The van der Waals surface area contributed by atoms with Crippen LogP contribution in [0.4, 0.5) is 0 Å². The molecule has 1 atom stereocenters. The Bertz CT molecular complexity index is 556. The number of sulfonamides is 1. The number of nitrogens with one attached hydrogen (secondary N) is 2. The van der Waals surface area contributed by atoms with Gasteiger partial charge in [0.1, 0.15) is 4.90 Å². The highest BCUT2D eigenvalue weighted by Crippen LogP contribution is 2.16. The third-order valence-corrected chi connectivity index (χ3v) is 4.91. The van der Waals surface area contributed by atoms with E-state index in [4.69, 9.17) is 0 Å². The van der Waals surface area contributed by atoms with Crippen LogP contribution in [0.15, 0.2) is 4.90 Å². The zero-order valence-corrected chi connectivity index (χ0v) is 13.3. The van der Waals surface area contributed by atoms with E-state index in [1.54, 1.807) is 25.7 Å². The summed E-state index contributed by atoms with van der Waals surface area (Å²) < 4.78 is 27.0. The number of hydrogen-bond acceptors (Lipinski definition) is 4. The third kappa shape index (κ3) is 3.37. The molecule has 0 aromatic carbocycles. The van der Waals surface area contributed by atoms with Gasteiger partial charge in [-0.2, -0.15) is 9.82 Å². The molecule has 114 valence electrons. The number of hydrogen-bond donors (Lipinski definition) is 2. The fraction of sp³-hybridized carbons (Fsp3) is 0.667. The molecule has 1 aromatic heterocycles. The molecule has 1 aromatic rings. The molecular formula is C12H22N4O3S. The van der Waals surface area contributed by atoms with Crippen LogP contribution >= 0.6 is 0 Å². The number of likely N-dealkylation sites (N-methyl/N-ethyl adjacent to an activating group) is 1. The van der Waals surface area contributed by atoms with Crippen molar-refractivity contribution in [3.63, 3.8) is 0 Å². The van der Waals surface area contributed by atoms with Gasteiger partial charge in [0.05, 0.1) is 17.4 Å². The summed E-state index contributed by atoms with van der Waals surface area (Å²) >= 11 is 0. The second-order valence-corrected chi connectivity index (χ2v) is 6.27. The van der Waals surface area contributed by atoms with Gasteiger partial charge in [-0.05, 0) is 34.6 Å². The first kappa shape index (κ1) is 16.6. The predicted molar refractivity (Wildman–Crippen MR) is 75.8 cm³/mol. The van der Waals surface area contributed by atoms with E-state index in [2.05, 4.69) is 14.9 Å². The van der Waals surface area contributed by atoms with Gasteiger partial charge >= 0.3 is 0 Å². The van der Waals surface area contributed by atoms with E-state index in [9.17, 15) is 13.2 Å². The third-order valence-electron chi connectivity index (χ3n) is 3.11. The highest BCUT2D eigenvalue weighted by atomic mass is 32.2. The van der Waals surface area contributed by atoms with Gasteiger partial charge in [0, 0.05) is 13.1 Å². The maximum atomic E-state index is 12.3. The van der Waals surface area contributed by atoms with Gasteiger partial charge in [0.25, 0.3) is 0 Å². The molecule has 8 heteroatoms. The van der Waals surface area contributed by atoms with E-state index in [1.165, 1.54) is 0 Å². The molecule has 2 N–H and O–H groups in total. The van der Waals surface area contributed by atoms with E-state index in [0.29, 0.717) is 24.5 Å². The predicted octanol–water partition coefficient (Wildman–Crippen LogP) is 0.562. The fourth-order valence-corrected chi connectivity index (χ4v) is 3.66. The maximum absolute atomic E-state index is 12.3. The first-order chi connectivity index (χ1) is 9.24. The summed E-state index contributed by atoms with van der Waals surface area (Å²) in [5.74, 6) is -0.239. The molecule has 0 saturated carbocycles. The van der Waals surface area contributed by atoms with Crippen molar-refractivity contribution in [1.29, 1.82) is 0 Å². The maximum Gasteiger partial charge on any atom is 0.244 e. The molecule has 0 fully saturated rings. The number of aryl methyl sites for hydroxylation is 2. The molecule has 0 aliphatic heterocycles. The molecule has 0 spiro atoms. The lowest BCUT2D eigenvalue weighted by atomic mass is 10.3. The molecule has 1 rings (SSSR count). The van der Waals surface area contributed by atoms with Crippen molar-refractivity contribution >= 4 is 15.9 Å². The number of rotatable bonds is 6. The number of nitrogens with zero attached hydrogens (tertiary/aromatic N) is 2. The van der Waals surface area contributed by atoms with Crippen LogP contribution in [-0.4, -0.2) is 48.6 Å². The van der Waals surface area contributed by atoms with E-state index in [0.717, 1.165) is 0 Å². The molecular weight excluding hydrogens is 280 g/mol. The minimum absolute atomic E-state index is 0.108. The van der Waals surface area contributed by atoms with Gasteiger partial charge in [0.15, 0.2) is 0 Å². The monoisotopic (exact) mass is 302 g/mol. The Labute approximate surface area is 119 Å². The van der Waals surface area contributed by atoms with Gasteiger partial charge in [-0.3, -0.25) is 9.89 Å². The summed E-state index contributed by atoms with van der Waals surface area (Å²) in [5, 5.41) is 6.49. The lowest BCUT2D eigenvalue weighted by molar-refractivity contribution is -0.132. The summed E-state index contributed by atoms with van der Waals surface area (Å²) in [6.45, 7) is 9.58. The minimum Gasteiger partial charge on any atom is -0.342 e. The number of amides is 1. The smallest absolute Gasteiger partial charge is 0.244 e. The summed E-state index contributed by atoms with van der Waals surface area (Å²) in [6.07, 6.45) is 0. The summed E-state index contributed by atoms with van der Waals surface area (Å²) in [4.78, 5) is 13.8. The van der Waals surface area contributed by atoms with E-state index in [-0.39, 0.29) is 10.8 Å². The Hall–Kier alpha value is -1.41. The van der Waals surface area contributed by atoms with Crippen LogP contribution in [0.1, 0.15) is 32.2 Å². The van der Waals surface area contributed by atoms with Crippen molar-refractivity contribution in [3.8, 4) is 0 Å². The van der Waals surface area contributed by atoms with Gasteiger partial charge < -0.3 is 4.90 Å². The molecule has 0 bridgehead atoms. The molecule has 0 aliphatic carbocycles. The van der Waals surface area contributed by atoms with E-state index >= 15 is 0 Å².